The number of sulfonamides is 1. The van der Waals surface area contributed by atoms with Crippen molar-refractivity contribution in [1.82, 2.24) is 4.72 Å². The van der Waals surface area contributed by atoms with E-state index in [0.717, 1.165) is 6.26 Å². The zero-order chi connectivity index (χ0) is 28.5. The summed E-state index contributed by atoms with van der Waals surface area (Å²) in [7, 11) is -3.33. The molecule has 1 aliphatic heterocycles. The van der Waals surface area contributed by atoms with Crippen LogP contribution in [0.1, 0.15) is 5.56 Å². The summed E-state index contributed by atoms with van der Waals surface area (Å²) in [5.41, 5.74) is 10.7. The van der Waals surface area contributed by atoms with Gasteiger partial charge in [-0.1, -0.05) is 0 Å². The largest absolute Gasteiger partial charge is 0.423 e. The Bertz CT molecular complexity index is 1620. The molecule has 0 saturated heterocycles. The third-order valence-electron chi connectivity index (χ3n) is 5.58. The third kappa shape index (κ3) is 6.23. The average Bonchev–Trinajstić information content (AvgIpc) is 3.27. The highest BCUT2D eigenvalue weighted by Crippen LogP contribution is 2.36. The minimum Gasteiger partial charge on any atom is -0.423 e. The number of amides is 2. The second-order valence-corrected chi connectivity index (χ2v) is 10.2. The van der Waals surface area contributed by atoms with Crippen LogP contribution in [0.3, 0.4) is 0 Å². The smallest absolute Gasteiger partial charge is 0.416 e. The van der Waals surface area contributed by atoms with Crippen molar-refractivity contribution >= 4 is 44.8 Å². The first-order chi connectivity index (χ1) is 18.2. The molecule has 4 rings (SSSR count). The van der Waals surface area contributed by atoms with E-state index in [9.17, 15) is 30.8 Å². The maximum absolute atomic E-state index is 14.5. The van der Waals surface area contributed by atoms with Gasteiger partial charge in [0, 0.05) is 24.8 Å². The van der Waals surface area contributed by atoms with E-state index in [-0.39, 0.29) is 36.8 Å². The van der Waals surface area contributed by atoms with Crippen LogP contribution in [-0.4, -0.2) is 40.5 Å². The summed E-state index contributed by atoms with van der Waals surface area (Å²) < 4.78 is 84.2. The lowest BCUT2D eigenvalue weighted by Gasteiger charge is -2.26. The molecule has 3 aromatic rings. The molecule has 11 nitrogen and oxygen atoms in total. The molecular formula is C23H23F4N7O4S. The number of primary amides is 1. The van der Waals surface area contributed by atoms with E-state index < -0.39 is 39.3 Å². The summed E-state index contributed by atoms with van der Waals surface area (Å²) in [6.07, 6.45) is -3.71. The lowest BCUT2D eigenvalue weighted by molar-refractivity contribution is -0.137. The summed E-state index contributed by atoms with van der Waals surface area (Å²) in [4.78, 5) is 18.7. The number of carbonyl (C=O) groups is 1. The number of nitrogens with zero attached hydrogens (tertiary/aromatic N) is 3. The molecule has 208 valence electrons. The molecule has 0 spiro atoms. The van der Waals surface area contributed by atoms with Gasteiger partial charge in [-0.05, 0) is 42.5 Å². The van der Waals surface area contributed by atoms with Crippen molar-refractivity contribution in [3.8, 4) is 0 Å². The lowest BCUT2D eigenvalue weighted by Crippen LogP contribution is -2.42. The molecule has 0 saturated carbocycles. The fourth-order valence-electron chi connectivity index (χ4n) is 3.80. The van der Waals surface area contributed by atoms with Crippen molar-refractivity contribution in [3.63, 3.8) is 0 Å². The van der Waals surface area contributed by atoms with Crippen LogP contribution in [0.15, 0.2) is 57.9 Å². The molecule has 0 radical (unpaired) electrons. The van der Waals surface area contributed by atoms with E-state index in [4.69, 9.17) is 15.9 Å². The fraction of sp³-hybridized carbons (Fsp3) is 0.217. The SMILES string of the molecule is CS(=O)(=O)NCCNc1cc2c(o1)=NCN(c1ccc(N(C(N)=O)c3cc(C(F)(F)F)ccc3F)cc1)C=2N. The molecule has 1 aliphatic rings. The number of carbonyl (C=O) groups excluding carboxylic acids is 1. The zero-order valence-corrected chi connectivity index (χ0v) is 21.1. The van der Waals surface area contributed by atoms with E-state index in [2.05, 4.69) is 15.0 Å². The van der Waals surface area contributed by atoms with Gasteiger partial charge in [0.1, 0.15) is 18.3 Å². The molecule has 0 atom stereocenters. The number of urea groups is 1. The Hall–Kier alpha value is -4.31. The molecule has 0 bridgehead atoms. The maximum Gasteiger partial charge on any atom is 0.416 e. The van der Waals surface area contributed by atoms with Crippen LogP contribution < -0.4 is 42.1 Å². The molecular weight excluding hydrogens is 546 g/mol. The number of alkyl halides is 3. The van der Waals surface area contributed by atoms with Crippen LogP contribution in [0.4, 0.5) is 45.3 Å². The van der Waals surface area contributed by atoms with Crippen molar-refractivity contribution in [3.05, 3.63) is 70.7 Å². The molecule has 0 aliphatic carbocycles. The number of rotatable bonds is 8. The van der Waals surface area contributed by atoms with Gasteiger partial charge in [0.05, 0.1) is 28.4 Å². The predicted octanol–water partition coefficient (Wildman–Crippen LogP) is 1.74. The predicted molar refractivity (Wildman–Crippen MR) is 135 cm³/mol. The average molecular weight is 570 g/mol. The highest BCUT2D eigenvalue weighted by Gasteiger charge is 2.32. The lowest BCUT2D eigenvalue weighted by atomic mass is 10.1. The fourth-order valence-corrected chi connectivity index (χ4v) is 4.27. The van der Waals surface area contributed by atoms with Gasteiger partial charge in [0.25, 0.3) is 0 Å². The van der Waals surface area contributed by atoms with Crippen LogP contribution >= 0.6 is 0 Å². The third-order valence-corrected chi connectivity index (χ3v) is 6.31. The van der Waals surface area contributed by atoms with Crippen LogP contribution in [0.2, 0.25) is 0 Å². The van der Waals surface area contributed by atoms with Gasteiger partial charge in [-0.15, -0.1) is 0 Å². The number of hydrogen-bond acceptors (Lipinski definition) is 8. The maximum atomic E-state index is 14.5. The van der Waals surface area contributed by atoms with Crippen molar-refractivity contribution in [2.75, 3.05) is 41.1 Å². The van der Waals surface area contributed by atoms with Crippen LogP contribution in [-0.2, 0) is 16.2 Å². The van der Waals surface area contributed by atoms with E-state index in [1.165, 1.54) is 24.3 Å². The van der Waals surface area contributed by atoms with Crippen molar-refractivity contribution in [2.45, 2.75) is 6.18 Å². The quantitative estimate of drug-likeness (QED) is 0.238. The molecule has 0 unspecified atom stereocenters. The first-order valence-corrected chi connectivity index (χ1v) is 13.1. The summed E-state index contributed by atoms with van der Waals surface area (Å²) in [6.45, 7) is 0.432. The Morgan fingerprint density at radius 3 is 2.46 bits per heavy atom. The Balaban J connectivity index is 1.58. The van der Waals surface area contributed by atoms with Crippen LogP contribution in [0.5, 0.6) is 0 Å². The molecule has 6 N–H and O–H groups in total. The van der Waals surface area contributed by atoms with Crippen LogP contribution in [0.25, 0.3) is 5.82 Å². The Kier molecular flexibility index (Phi) is 7.43. The van der Waals surface area contributed by atoms with Gasteiger partial charge in [-0.3, -0.25) is 4.90 Å². The molecule has 2 aromatic carbocycles. The molecule has 2 heterocycles. The van der Waals surface area contributed by atoms with Gasteiger partial charge < -0.3 is 26.1 Å². The zero-order valence-electron chi connectivity index (χ0n) is 20.3. The number of benzene rings is 2. The Morgan fingerprint density at radius 1 is 1.15 bits per heavy atom. The number of furan rings is 1. The van der Waals surface area contributed by atoms with E-state index >= 15 is 0 Å². The number of nitrogens with two attached hydrogens (primary N) is 2. The molecule has 39 heavy (non-hydrogen) atoms. The summed E-state index contributed by atoms with van der Waals surface area (Å²) >= 11 is 0. The molecule has 0 fully saturated rings. The molecule has 1 aromatic heterocycles. The second kappa shape index (κ2) is 10.5. The van der Waals surface area contributed by atoms with Crippen molar-refractivity contribution < 1.29 is 35.2 Å². The van der Waals surface area contributed by atoms with Crippen molar-refractivity contribution in [2.24, 2.45) is 16.5 Å². The summed E-state index contributed by atoms with van der Waals surface area (Å²) in [6, 6.07) is 7.88. The number of nitrogens with one attached hydrogen (secondary N) is 2. The minimum atomic E-state index is -4.75. The van der Waals surface area contributed by atoms with E-state index in [1.807, 2.05) is 0 Å². The van der Waals surface area contributed by atoms with Gasteiger partial charge in [0.2, 0.25) is 15.6 Å². The number of halogens is 4. The van der Waals surface area contributed by atoms with E-state index in [0.29, 0.717) is 39.9 Å². The normalized spacial score (nSPS) is 13.6. The number of hydrogen-bond donors (Lipinski definition) is 4. The molecule has 2 amide bonds. The van der Waals surface area contributed by atoms with E-state index in [1.54, 1.807) is 11.0 Å². The van der Waals surface area contributed by atoms with Gasteiger partial charge in [0.15, 0.2) is 5.88 Å². The summed E-state index contributed by atoms with van der Waals surface area (Å²) in [5.74, 6) is -0.476. The number of fused-ring (bicyclic) bond motifs is 1. The summed E-state index contributed by atoms with van der Waals surface area (Å²) in [5, 5.41) is 3.39. The minimum absolute atomic E-state index is 0.0233. The van der Waals surface area contributed by atoms with Crippen LogP contribution in [0, 0.1) is 5.82 Å². The highest BCUT2D eigenvalue weighted by atomic mass is 32.2. The standard InChI is InChI=1S/C23H23F4N7O4S/c1-39(36,37)32-9-8-30-19-11-16-20(28)33(12-31-21(16)38-19)14-3-5-15(6-4-14)34(22(29)35)18-10-13(23(25,26)27)2-7-17(18)24/h2-7,10-11,30,32H,8-9,12,28H2,1H3,(H2,29,35). The van der Waals surface area contributed by atoms with Gasteiger partial charge >= 0.3 is 12.2 Å². The Labute approximate surface area is 219 Å². The number of anilines is 4. The first kappa shape index (κ1) is 27.7. The monoisotopic (exact) mass is 569 g/mol. The first-order valence-electron chi connectivity index (χ1n) is 11.2. The van der Waals surface area contributed by atoms with Gasteiger partial charge in [-0.25, -0.2) is 27.3 Å². The highest BCUT2D eigenvalue weighted by molar-refractivity contribution is 7.88. The molecule has 16 heteroatoms. The second-order valence-electron chi connectivity index (χ2n) is 8.39. The van der Waals surface area contributed by atoms with Crippen molar-refractivity contribution in [1.29, 1.82) is 0 Å². The Morgan fingerprint density at radius 2 is 1.85 bits per heavy atom. The van der Waals surface area contributed by atoms with Gasteiger partial charge in [-0.2, -0.15) is 13.2 Å². The topological polar surface area (TPSA) is 159 Å².